The predicted molar refractivity (Wildman–Crippen MR) is 136 cm³/mol. The third-order valence-electron chi connectivity index (χ3n) is 5.68. The molecule has 184 valence electrons. The highest BCUT2D eigenvalue weighted by atomic mass is 16.6. The van der Waals surface area contributed by atoms with Crippen LogP contribution in [0.15, 0.2) is 55.0 Å². The van der Waals surface area contributed by atoms with Gasteiger partial charge in [-0.1, -0.05) is 6.07 Å². The molecular weight excluding hydrogens is 462 g/mol. The van der Waals surface area contributed by atoms with Crippen LogP contribution in [0.5, 0.6) is 11.5 Å². The van der Waals surface area contributed by atoms with Gasteiger partial charge in [0.15, 0.2) is 23.0 Å². The van der Waals surface area contributed by atoms with Gasteiger partial charge in [-0.25, -0.2) is 4.98 Å². The van der Waals surface area contributed by atoms with E-state index in [1.165, 1.54) is 0 Å². The smallest absolute Gasteiger partial charge is 0.231 e. The Morgan fingerprint density at radius 1 is 0.778 bits per heavy atom. The van der Waals surface area contributed by atoms with Gasteiger partial charge in [0.2, 0.25) is 5.95 Å². The van der Waals surface area contributed by atoms with Crippen molar-refractivity contribution in [1.82, 2.24) is 24.9 Å². The lowest BCUT2D eigenvalue weighted by Crippen LogP contribution is -2.15. The molecule has 0 fully saturated rings. The summed E-state index contributed by atoms with van der Waals surface area (Å²) in [6, 6.07) is 13.6. The Balaban J connectivity index is 1.28. The standard InChI is InChI=1S/C25H25N7O4/c1-2-18-17(6-7-26-18)19(3-1)30-24-22-23(28-15-27-22)31-25(32-24)29-16-4-5-20-21(14-16)36-13-11-34-9-8-33-10-12-35-20/h1-7,14-15,26H,8-13H2,(H3,27,28,29,30,31,32). The zero-order valence-corrected chi connectivity index (χ0v) is 19.4. The van der Waals surface area contributed by atoms with Crippen molar-refractivity contribution in [3.63, 3.8) is 0 Å². The minimum Gasteiger partial charge on any atom is -0.487 e. The summed E-state index contributed by atoms with van der Waals surface area (Å²) in [6.45, 7) is 2.82. The molecule has 0 unspecified atom stereocenters. The first-order valence-corrected chi connectivity index (χ1v) is 11.7. The van der Waals surface area contributed by atoms with E-state index >= 15 is 0 Å². The Morgan fingerprint density at radius 3 is 2.50 bits per heavy atom. The van der Waals surface area contributed by atoms with Gasteiger partial charge in [-0.15, -0.1) is 0 Å². The number of nitrogens with zero attached hydrogens (tertiary/aromatic N) is 3. The molecule has 0 amide bonds. The van der Waals surface area contributed by atoms with Crippen molar-refractivity contribution in [1.29, 1.82) is 0 Å². The fourth-order valence-corrected chi connectivity index (χ4v) is 3.99. The SMILES string of the molecule is c1cc(Nc2nc(Nc3ccc4c(c3)OCCOCCOCCO4)nc3nc[nH]c23)c2cc[nH]c2c1. The van der Waals surface area contributed by atoms with Crippen LogP contribution in [0.3, 0.4) is 0 Å². The summed E-state index contributed by atoms with van der Waals surface area (Å²) < 4.78 is 22.8. The van der Waals surface area contributed by atoms with Crippen LogP contribution in [0.4, 0.5) is 23.1 Å². The van der Waals surface area contributed by atoms with Gasteiger partial charge >= 0.3 is 0 Å². The van der Waals surface area contributed by atoms with E-state index in [0.29, 0.717) is 74.1 Å². The maximum absolute atomic E-state index is 5.93. The molecule has 4 N–H and O–H groups in total. The molecule has 11 heteroatoms. The quantitative estimate of drug-likeness (QED) is 0.295. The number of hydrogen-bond donors (Lipinski definition) is 4. The average Bonchev–Trinajstić information content (AvgIpc) is 3.55. The number of aromatic nitrogens is 5. The highest BCUT2D eigenvalue weighted by Gasteiger charge is 2.14. The Hall–Kier alpha value is -4.35. The second kappa shape index (κ2) is 10.1. The zero-order chi connectivity index (χ0) is 24.2. The van der Waals surface area contributed by atoms with Crippen molar-refractivity contribution in [2.24, 2.45) is 0 Å². The van der Waals surface area contributed by atoms with Crippen LogP contribution in [0.25, 0.3) is 22.1 Å². The van der Waals surface area contributed by atoms with Crippen LogP contribution >= 0.6 is 0 Å². The summed E-state index contributed by atoms with van der Waals surface area (Å²) in [7, 11) is 0. The monoisotopic (exact) mass is 487 g/mol. The number of rotatable bonds is 4. The van der Waals surface area contributed by atoms with Crippen LogP contribution in [-0.4, -0.2) is 64.6 Å². The summed E-state index contributed by atoms with van der Waals surface area (Å²) in [4.78, 5) is 20.0. The maximum Gasteiger partial charge on any atom is 0.231 e. The van der Waals surface area contributed by atoms with E-state index in [-0.39, 0.29) is 0 Å². The largest absolute Gasteiger partial charge is 0.487 e. The summed E-state index contributed by atoms with van der Waals surface area (Å²) in [5.74, 6) is 2.23. The number of fused-ring (bicyclic) bond motifs is 3. The molecule has 3 aromatic heterocycles. The van der Waals surface area contributed by atoms with E-state index in [1.807, 2.05) is 48.7 Å². The third kappa shape index (κ3) is 4.74. The van der Waals surface area contributed by atoms with Crippen molar-refractivity contribution in [2.45, 2.75) is 0 Å². The van der Waals surface area contributed by atoms with Gasteiger partial charge in [-0.05, 0) is 30.3 Å². The molecule has 4 heterocycles. The predicted octanol–water partition coefficient (Wildman–Crippen LogP) is 4.13. The van der Waals surface area contributed by atoms with E-state index in [0.717, 1.165) is 22.3 Å². The Kier molecular flexibility index (Phi) is 6.21. The van der Waals surface area contributed by atoms with Gasteiger partial charge in [0.25, 0.3) is 0 Å². The van der Waals surface area contributed by atoms with E-state index in [2.05, 4.69) is 30.6 Å². The molecule has 0 radical (unpaired) electrons. The first-order chi connectivity index (χ1) is 17.8. The van der Waals surface area contributed by atoms with Gasteiger partial charge in [-0.3, -0.25) is 0 Å². The molecule has 0 bridgehead atoms. The highest BCUT2D eigenvalue weighted by molar-refractivity contribution is 5.96. The topological polar surface area (TPSA) is 131 Å². The molecule has 0 atom stereocenters. The van der Waals surface area contributed by atoms with Crippen molar-refractivity contribution < 1.29 is 18.9 Å². The maximum atomic E-state index is 5.93. The minimum atomic E-state index is 0.393. The highest BCUT2D eigenvalue weighted by Crippen LogP contribution is 2.33. The van der Waals surface area contributed by atoms with Crippen LogP contribution in [-0.2, 0) is 9.47 Å². The fourth-order valence-electron chi connectivity index (χ4n) is 3.99. The first kappa shape index (κ1) is 22.1. The van der Waals surface area contributed by atoms with Crippen molar-refractivity contribution in [2.75, 3.05) is 50.3 Å². The minimum absolute atomic E-state index is 0.393. The van der Waals surface area contributed by atoms with Crippen LogP contribution in [0.2, 0.25) is 0 Å². The van der Waals surface area contributed by atoms with Crippen molar-refractivity contribution in [3.05, 3.63) is 55.0 Å². The molecule has 0 saturated heterocycles. The van der Waals surface area contributed by atoms with Crippen LogP contribution < -0.4 is 20.1 Å². The lowest BCUT2D eigenvalue weighted by molar-refractivity contribution is 0.0223. The second-order valence-electron chi connectivity index (χ2n) is 8.07. The number of hydrogen-bond acceptors (Lipinski definition) is 9. The molecule has 0 aliphatic carbocycles. The van der Waals surface area contributed by atoms with E-state index in [1.54, 1.807) is 6.33 Å². The van der Waals surface area contributed by atoms with Gasteiger partial charge in [-0.2, -0.15) is 9.97 Å². The molecule has 1 aliphatic heterocycles. The summed E-state index contributed by atoms with van der Waals surface area (Å²) in [5.41, 5.74) is 3.95. The molecule has 5 aromatic rings. The zero-order valence-electron chi connectivity index (χ0n) is 19.4. The fraction of sp³-hybridized carbons (Fsp3) is 0.240. The Bertz CT molecular complexity index is 1480. The van der Waals surface area contributed by atoms with E-state index in [9.17, 15) is 0 Å². The summed E-state index contributed by atoms with van der Waals surface area (Å²) in [5, 5.41) is 7.75. The Morgan fingerprint density at radius 2 is 1.61 bits per heavy atom. The number of H-pyrrole nitrogens is 2. The molecule has 0 spiro atoms. The van der Waals surface area contributed by atoms with Crippen LogP contribution in [0, 0.1) is 0 Å². The molecule has 1 aliphatic rings. The molecule has 2 aromatic carbocycles. The Labute approximate surface area is 206 Å². The second-order valence-corrected chi connectivity index (χ2v) is 8.07. The van der Waals surface area contributed by atoms with Gasteiger partial charge in [0.1, 0.15) is 18.7 Å². The van der Waals surface area contributed by atoms with Gasteiger partial charge in [0.05, 0.1) is 32.8 Å². The summed E-state index contributed by atoms with van der Waals surface area (Å²) in [6.07, 6.45) is 3.51. The lowest BCUT2D eigenvalue weighted by Gasteiger charge is -2.16. The molecule has 36 heavy (non-hydrogen) atoms. The van der Waals surface area contributed by atoms with Gasteiger partial charge < -0.3 is 39.5 Å². The molecule has 11 nitrogen and oxygen atoms in total. The van der Waals surface area contributed by atoms with Crippen molar-refractivity contribution in [3.8, 4) is 11.5 Å². The van der Waals surface area contributed by atoms with E-state index < -0.39 is 0 Å². The lowest BCUT2D eigenvalue weighted by atomic mass is 10.2. The van der Waals surface area contributed by atoms with E-state index in [4.69, 9.17) is 23.9 Å². The molecule has 6 rings (SSSR count). The number of aromatic amines is 2. The molecule has 0 saturated carbocycles. The summed E-state index contributed by atoms with van der Waals surface area (Å²) >= 11 is 0. The van der Waals surface area contributed by atoms with Crippen molar-refractivity contribution >= 4 is 45.2 Å². The number of ether oxygens (including phenoxy) is 4. The van der Waals surface area contributed by atoms with Gasteiger partial charge in [0, 0.05) is 34.5 Å². The number of nitrogens with one attached hydrogen (secondary N) is 4. The number of benzene rings is 2. The molecular formula is C25H25N7O4. The average molecular weight is 488 g/mol. The third-order valence-corrected chi connectivity index (χ3v) is 5.68. The first-order valence-electron chi connectivity index (χ1n) is 11.7. The van der Waals surface area contributed by atoms with Crippen LogP contribution in [0.1, 0.15) is 0 Å². The number of anilines is 4. The normalized spacial score (nSPS) is 14.8. The number of imidazole rings is 1.